The average Bonchev–Trinajstić information content (AvgIpc) is 2.30. The molecule has 0 radical (unpaired) electrons. The minimum absolute atomic E-state index is 0.204. The van der Waals surface area contributed by atoms with Gasteiger partial charge in [0.2, 0.25) is 0 Å². The molecular weight excluding hydrogens is 283 g/mol. The third-order valence-corrected chi connectivity index (χ3v) is 2.72. The number of hydrogen-bond donors (Lipinski definition) is 1. The van der Waals surface area contributed by atoms with Crippen molar-refractivity contribution in [2.45, 2.75) is 26.3 Å². The number of aryl methyl sites for hydroxylation is 2. The number of carboxylic acid groups (broad SMARTS) is 1. The van der Waals surface area contributed by atoms with Crippen LogP contribution < -0.4 is 0 Å². The van der Waals surface area contributed by atoms with E-state index in [2.05, 4.69) is 27.7 Å². The minimum atomic E-state index is -0.751. The number of halogens is 1. The first-order chi connectivity index (χ1) is 6.09. The van der Waals surface area contributed by atoms with Crippen molar-refractivity contribution < 1.29 is 9.90 Å². The maximum Gasteiger partial charge on any atom is 0.303 e. The third-order valence-electron chi connectivity index (χ3n) is 1.66. The highest BCUT2D eigenvalue weighted by Crippen LogP contribution is 2.08. The zero-order valence-corrected chi connectivity index (χ0v) is 9.48. The van der Waals surface area contributed by atoms with Crippen molar-refractivity contribution in [3.8, 4) is 0 Å². The Hall–Kier alpha value is -0.590. The van der Waals surface area contributed by atoms with Crippen LogP contribution in [0.25, 0.3) is 0 Å². The summed E-state index contributed by atoms with van der Waals surface area (Å²) >= 11 is 2.21. The van der Waals surface area contributed by atoms with Crippen LogP contribution in [0.1, 0.15) is 18.5 Å². The molecule has 5 heteroatoms. The van der Waals surface area contributed by atoms with Gasteiger partial charge in [0, 0.05) is 19.2 Å². The van der Waals surface area contributed by atoms with E-state index in [0.717, 1.165) is 9.26 Å². The molecule has 0 atom stereocenters. The minimum Gasteiger partial charge on any atom is -0.481 e. The molecule has 0 aliphatic rings. The Balaban J connectivity index is 2.41. The van der Waals surface area contributed by atoms with Gasteiger partial charge in [-0.15, -0.1) is 0 Å². The topological polar surface area (TPSA) is 55.1 Å². The lowest BCUT2D eigenvalue weighted by molar-refractivity contribution is -0.137. The van der Waals surface area contributed by atoms with E-state index in [0.29, 0.717) is 13.0 Å². The Bertz CT molecular complexity index is 290. The summed E-state index contributed by atoms with van der Waals surface area (Å²) in [6, 6.07) is 0. The summed E-state index contributed by atoms with van der Waals surface area (Å²) in [7, 11) is 0. The zero-order chi connectivity index (χ0) is 9.84. The third kappa shape index (κ3) is 3.33. The van der Waals surface area contributed by atoms with E-state index in [1.165, 1.54) is 0 Å². The molecule has 0 spiro atoms. The maximum atomic E-state index is 10.2. The van der Waals surface area contributed by atoms with Crippen molar-refractivity contribution in [3.63, 3.8) is 0 Å². The van der Waals surface area contributed by atoms with Crippen molar-refractivity contribution in [1.29, 1.82) is 0 Å². The van der Waals surface area contributed by atoms with Crippen LogP contribution in [0.4, 0.5) is 0 Å². The zero-order valence-electron chi connectivity index (χ0n) is 7.33. The molecule has 1 rings (SSSR count). The van der Waals surface area contributed by atoms with Gasteiger partial charge in [-0.2, -0.15) is 5.10 Å². The van der Waals surface area contributed by atoms with Crippen LogP contribution in [0.2, 0.25) is 0 Å². The first-order valence-electron chi connectivity index (χ1n) is 4.01. The second-order valence-corrected chi connectivity index (χ2v) is 3.99. The standard InChI is InChI=1S/C8H11IN2O2/c1-6-7(9)5-11(10-6)4-2-3-8(12)13/h5H,2-4H2,1H3,(H,12,13). The molecule has 0 unspecified atom stereocenters. The van der Waals surface area contributed by atoms with Gasteiger partial charge in [-0.1, -0.05) is 0 Å². The molecule has 0 aromatic carbocycles. The highest BCUT2D eigenvalue weighted by atomic mass is 127. The molecule has 1 heterocycles. The monoisotopic (exact) mass is 294 g/mol. The second-order valence-electron chi connectivity index (χ2n) is 2.82. The molecule has 13 heavy (non-hydrogen) atoms. The van der Waals surface area contributed by atoms with E-state index in [9.17, 15) is 4.79 Å². The van der Waals surface area contributed by atoms with Crippen molar-refractivity contribution in [2.75, 3.05) is 0 Å². The summed E-state index contributed by atoms with van der Waals surface area (Å²) in [5.74, 6) is -0.751. The number of rotatable bonds is 4. The summed E-state index contributed by atoms with van der Waals surface area (Å²) in [5, 5.41) is 12.6. The van der Waals surface area contributed by atoms with Gasteiger partial charge in [-0.05, 0) is 35.9 Å². The molecule has 0 amide bonds. The molecule has 0 aliphatic carbocycles. The lowest BCUT2D eigenvalue weighted by Crippen LogP contribution is -2.02. The van der Waals surface area contributed by atoms with Crippen LogP contribution >= 0.6 is 22.6 Å². The second kappa shape index (κ2) is 4.59. The SMILES string of the molecule is Cc1nn(CCCC(=O)O)cc1I. The van der Waals surface area contributed by atoms with E-state index in [1.54, 1.807) is 4.68 Å². The highest BCUT2D eigenvalue weighted by molar-refractivity contribution is 14.1. The molecule has 0 aliphatic heterocycles. The summed E-state index contributed by atoms with van der Waals surface area (Å²) in [6.07, 6.45) is 2.76. The van der Waals surface area contributed by atoms with Gasteiger partial charge in [0.1, 0.15) is 0 Å². The van der Waals surface area contributed by atoms with Crippen LogP contribution in [0.3, 0.4) is 0 Å². The quantitative estimate of drug-likeness (QED) is 0.859. The molecule has 0 bridgehead atoms. The summed E-state index contributed by atoms with van der Waals surface area (Å²) in [5.41, 5.74) is 0.996. The molecule has 4 nitrogen and oxygen atoms in total. The first-order valence-corrected chi connectivity index (χ1v) is 5.09. The average molecular weight is 294 g/mol. The number of aromatic nitrogens is 2. The van der Waals surface area contributed by atoms with Crippen LogP contribution in [-0.4, -0.2) is 20.9 Å². The predicted molar refractivity (Wildman–Crippen MR) is 56.6 cm³/mol. The fraction of sp³-hybridized carbons (Fsp3) is 0.500. The fourth-order valence-corrected chi connectivity index (χ4v) is 1.43. The first kappa shape index (κ1) is 10.5. The molecule has 0 saturated heterocycles. The molecule has 1 aromatic heterocycles. The molecule has 1 N–H and O–H groups in total. The Kier molecular flexibility index (Phi) is 3.71. The van der Waals surface area contributed by atoms with E-state index in [1.807, 2.05) is 13.1 Å². The molecule has 72 valence electrons. The Labute approximate surface area is 90.1 Å². The number of hydrogen-bond acceptors (Lipinski definition) is 2. The molecule has 0 saturated carbocycles. The molecule has 1 aromatic rings. The van der Waals surface area contributed by atoms with Gasteiger partial charge in [-0.25, -0.2) is 0 Å². The van der Waals surface area contributed by atoms with Crippen molar-refractivity contribution >= 4 is 28.6 Å². The van der Waals surface area contributed by atoms with Gasteiger partial charge in [-0.3, -0.25) is 9.48 Å². The van der Waals surface area contributed by atoms with Gasteiger partial charge in [0.05, 0.1) is 9.26 Å². The van der Waals surface area contributed by atoms with Gasteiger partial charge >= 0.3 is 5.97 Å². The molecule has 0 fully saturated rings. The van der Waals surface area contributed by atoms with E-state index in [-0.39, 0.29) is 6.42 Å². The Morgan fingerprint density at radius 2 is 2.46 bits per heavy atom. The van der Waals surface area contributed by atoms with Crippen molar-refractivity contribution in [3.05, 3.63) is 15.5 Å². The summed E-state index contributed by atoms with van der Waals surface area (Å²) in [6.45, 7) is 2.62. The van der Waals surface area contributed by atoms with Gasteiger partial charge in [0.25, 0.3) is 0 Å². The normalized spacial score (nSPS) is 10.3. The van der Waals surface area contributed by atoms with Gasteiger partial charge in [0.15, 0.2) is 0 Å². The van der Waals surface area contributed by atoms with Crippen molar-refractivity contribution in [1.82, 2.24) is 9.78 Å². The highest BCUT2D eigenvalue weighted by Gasteiger charge is 2.02. The van der Waals surface area contributed by atoms with E-state index in [4.69, 9.17) is 5.11 Å². The molecular formula is C8H11IN2O2. The van der Waals surface area contributed by atoms with E-state index >= 15 is 0 Å². The van der Waals surface area contributed by atoms with Crippen molar-refractivity contribution in [2.24, 2.45) is 0 Å². The fourth-order valence-electron chi connectivity index (χ4n) is 1.00. The Morgan fingerprint density at radius 1 is 1.77 bits per heavy atom. The van der Waals surface area contributed by atoms with Crippen LogP contribution in [0.5, 0.6) is 0 Å². The number of carboxylic acids is 1. The number of nitrogens with zero attached hydrogens (tertiary/aromatic N) is 2. The summed E-state index contributed by atoms with van der Waals surface area (Å²) in [4.78, 5) is 10.2. The van der Waals surface area contributed by atoms with Crippen LogP contribution in [0, 0.1) is 10.5 Å². The largest absolute Gasteiger partial charge is 0.481 e. The van der Waals surface area contributed by atoms with Gasteiger partial charge < -0.3 is 5.11 Å². The lowest BCUT2D eigenvalue weighted by Gasteiger charge is -1.97. The predicted octanol–water partition coefficient (Wildman–Crippen LogP) is 1.66. The summed E-state index contributed by atoms with van der Waals surface area (Å²) < 4.78 is 2.91. The lowest BCUT2D eigenvalue weighted by atomic mass is 10.3. The smallest absolute Gasteiger partial charge is 0.303 e. The maximum absolute atomic E-state index is 10.2. The van der Waals surface area contributed by atoms with Crippen LogP contribution in [-0.2, 0) is 11.3 Å². The van der Waals surface area contributed by atoms with E-state index < -0.39 is 5.97 Å². The number of aliphatic carboxylic acids is 1. The Morgan fingerprint density at radius 3 is 2.92 bits per heavy atom. The number of carbonyl (C=O) groups is 1. The van der Waals surface area contributed by atoms with Crippen LogP contribution in [0.15, 0.2) is 6.20 Å².